The van der Waals surface area contributed by atoms with Crippen LogP contribution in [0.5, 0.6) is 5.75 Å². The lowest BCUT2D eigenvalue weighted by atomic mass is 10.2. The summed E-state index contributed by atoms with van der Waals surface area (Å²) in [5.41, 5.74) is 0.527. The van der Waals surface area contributed by atoms with Crippen LogP contribution in [0.1, 0.15) is 53.8 Å². The number of nitrogens with one attached hydrogen (secondary N) is 1. The van der Waals surface area contributed by atoms with Gasteiger partial charge in [0, 0.05) is 12.6 Å². The molecule has 1 aliphatic heterocycles. The molecule has 2 fully saturated rings. The zero-order valence-electron chi connectivity index (χ0n) is 14.9. The van der Waals surface area contributed by atoms with Crippen LogP contribution in [0.15, 0.2) is 28.8 Å². The monoisotopic (exact) mass is 367 g/mol. The van der Waals surface area contributed by atoms with Crippen LogP contribution in [-0.2, 0) is 0 Å². The molecule has 8 heteroatoms. The average Bonchev–Trinajstić information content (AvgIpc) is 3.18. The molecule has 2 aromatic rings. The van der Waals surface area contributed by atoms with Gasteiger partial charge in [0.1, 0.15) is 18.4 Å². The molecule has 0 spiro atoms. The number of hydrogen-bond acceptors (Lipinski definition) is 7. The first-order chi connectivity index (χ1) is 13.2. The van der Waals surface area contributed by atoms with E-state index in [-0.39, 0.29) is 23.8 Å². The van der Waals surface area contributed by atoms with E-state index in [0.29, 0.717) is 30.4 Å². The van der Waals surface area contributed by atoms with Gasteiger partial charge in [-0.25, -0.2) is 0 Å². The predicted octanol–water partition coefficient (Wildman–Crippen LogP) is 2.05. The second-order valence-corrected chi connectivity index (χ2v) is 6.85. The van der Waals surface area contributed by atoms with Gasteiger partial charge in [-0.15, -0.1) is 0 Å². The lowest BCUT2D eigenvalue weighted by Gasteiger charge is -2.21. The van der Waals surface area contributed by atoms with Gasteiger partial charge < -0.3 is 14.6 Å². The number of benzene rings is 1. The Morgan fingerprint density at radius 3 is 3.04 bits per heavy atom. The van der Waals surface area contributed by atoms with Gasteiger partial charge in [-0.1, -0.05) is 17.3 Å². The van der Waals surface area contributed by atoms with Crippen molar-refractivity contribution >= 4 is 5.91 Å². The van der Waals surface area contributed by atoms with Gasteiger partial charge in [0.15, 0.2) is 0 Å². The molecule has 8 nitrogen and oxygen atoms in total. The molecule has 1 aromatic heterocycles. The summed E-state index contributed by atoms with van der Waals surface area (Å²) in [5, 5.41) is 15.8. The molecule has 27 heavy (non-hydrogen) atoms. The molecule has 2 aliphatic rings. The van der Waals surface area contributed by atoms with Crippen LogP contribution in [-0.4, -0.2) is 46.7 Å². The van der Waals surface area contributed by atoms with E-state index in [9.17, 15) is 4.79 Å². The number of hydrogen-bond donors (Lipinski definition) is 1. The van der Waals surface area contributed by atoms with Crippen molar-refractivity contribution in [1.82, 2.24) is 20.4 Å². The zero-order valence-corrected chi connectivity index (χ0v) is 14.9. The third-order valence-corrected chi connectivity index (χ3v) is 4.85. The summed E-state index contributed by atoms with van der Waals surface area (Å²) in [6.07, 6.45) is 3.95. The largest absolute Gasteiger partial charge is 0.491 e. The highest BCUT2D eigenvalue weighted by atomic mass is 16.5. The minimum Gasteiger partial charge on any atom is -0.491 e. The van der Waals surface area contributed by atoms with Crippen molar-refractivity contribution in [2.75, 3.05) is 19.7 Å². The fraction of sp³-hybridized carbons (Fsp3) is 0.474. The summed E-state index contributed by atoms with van der Waals surface area (Å²) in [5.74, 6) is 0.898. The maximum atomic E-state index is 12.0. The average molecular weight is 367 g/mol. The molecule has 2 heterocycles. The highest BCUT2D eigenvalue weighted by molar-refractivity contribution is 5.90. The molecule has 0 bridgehead atoms. The lowest BCUT2D eigenvalue weighted by Crippen LogP contribution is -2.29. The smallest absolute Gasteiger partial charge is 0.292 e. The van der Waals surface area contributed by atoms with Gasteiger partial charge in [-0.2, -0.15) is 10.2 Å². The molecule has 1 saturated heterocycles. The van der Waals surface area contributed by atoms with Crippen molar-refractivity contribution in [1.29, 1.82) is 5.26 Å². The molecule has 1 atom stereocenters. The Kier molecular flexibility index (Phi) is 5.03. The second-order valence-electron chi connectivity index (χ2n) is 6.85. The Morgan fingerprint density at radius 1 is 1.37 bits per heavy atom. The first-order valence-corrected chi connectivity index (χ1v) is 9.25. The van der Waals surface area contributed by atoms with Crippen molar-refractivity contribution in [3.05, 3.63) is 41.5 Å². The zero-order chi connectivity index (χ0) is 18.6. The Hall–Kier alpha value is -2.92. The summed E-state index contributed by atoms with van der Waals surface area (Å²) in [4.78, 5) is 18.6. The van der Waals surface area contributed by atoms with E-state index in [0.717, 1.165) is 32.2 Å². The molecule has 1 aliphatic carbocycles. The van der Waals surface area contributed by atoms with Crippen molar-refractivity contribution in [3.8, 4) is 11.8 Å². The van der Waals surface area contributed by atoms with E-state index < -0.39 is 0 Å². The molecule has 1 amide bonds. The second kappa shape index (κ2) is 7.76. The summed E-state index contributed by atoms with van der Waals surface area (Å²) in [6, 6.07) is 9.58. The Labute approximate surface area is 157 Å². The van der Waals surface area contributed by atoms with Crippen molar-refractivity contribution in [2.45, 2.75) is 37.8 Å². The van der Waals surface area contributed by atoms with Crippen LogP contribution in [0, 0.1) is 11.3 Å². The van der Waals surface area contributed by atoms with Crippen LogP contribution in [0.25, 0.3) is 0 Å². The van der Waals surface area contributed by atoms with Crippen LogP contribution in [0.3, 0.4) is 0 Å². The van der Waals surface area contributed by atoms with Gasteiger partial charge in [0.25, 0.3) is 11.7 Å². The predicted molar refractivity (Wildman–Crippen MR) is 95.0 cm³/mol. The van der Waals surface area contributed by atoms with Crippen LogP contribution >= 0.6 is 0 Å². The number of para-hydroxylation sites is 1. The molecule has 140 valence electrons. The summed E-state index contributed by atoms with van der Waals surface area (Å²) < 4.78 is 11.1. The van der Waals surface area contributed by atoms with Crippen molar-refractivity contribution in [3.63, 3.8) is 0 Å². The molecular formula is C19H21N5O3. The van der Waals surface area contributed by atoms with E-state index in [1.165, 1.54) is 0 Å². The van der Waals surface area contributed by atoms with E-state index in [2.05, 4.69) is 26.4 Å². The van der Waals surface area contributed by atoms with E-state index in [1.54, 1.807) is 12.1 Å². The number of nitriles is 1. The van der Waals surface area contributed by atoms with Gasteiger partial charge >= 0.3 is 0 Å². The molecule has 1 saturated carbocycles. The number of rotatable bonds is 7. The molecular weight excluding hydrogens is 346 g/mol. The Morgan fingerprint density at radius 2 is 2.22 bits per heavy atom. The van der Waals surface area contributed by atoms with Crippen molar-refractivity contribution < 1.29 is 14.1 Å². The number of ether oxygens (including phenoxy) is 1. The minimum atomic E-state index is -0.270. The van der Waals surface area contributed by atoms with Gasteiger partial charge in [-0.3, -0.25) is 9.69 Å². The van der Waals surface area contributed by atoms with E-state index in [1.807, 2.05) is 12.1 Å². The first kappa shape index (κ1) is 17.5. The van der Waals surface area contributed by atoms with Gasteiger partial charge in [0.2, 0.25) is 5.89 Å². The number of aromatic nitrogens is 2. The normalized spacial score (nSPS) is 19.6. The molecule has 1 N–H and O–H groups in total. The molecule has 4 rings (SSSR count). The van der Waals surface area contributed by atoms with E-state index >= 15 is 0 Å². The highest BCUT2D eigenvalue weighted by Crippen LogP contribution is 2.30. The Balaban J connectivity index is 1.34. The topological polar surface area (TPSA) is 104 Å². The number of amides is 1. The van der Waals surface area contributed by atoms with Crippen LogP contribution < -0.4 is 10.1 Å². The SMILES string of the molecule is N#Cc1ccccc1OCCN1CCC[C@H]1c1nc(C(=O)NC2CC2)no1. The third kappa shape index (κ3) is 4.09. The van der Waals surface area contributed by atoms with Crippen LogP contribution in [0.2, 0.25) is 0 Å². The number of carbonyl (C=O) groups is 1. The molecule has 1 aromatic carbocycles. The van der Waals surface area contributed by atoms with Crippen molar-refractivity contribution in [2.24, 2.45) is 0 Å². The lowest BCUT2D eigenvalue weighted by molar-refractivity contribution is 0.0937. The number of carbonyl (C=O) groups excluding carboxylic acids is 1. The number of nitrogens with zero attached hydrogens (tertiary/aromatic N) is 4. The minimum absolute atomic E-state index is 0.00483. The fourth-order valence-corrected chi connectivity index (χ4v) is 3.27. The first-order valence-electron chi connectivity index (χ1n) is 9.25. The standard InChI is InChI=1S/C19H21N5O3/c20-12-13-4-1-2-6-16(13)26-11-10-24-9-3-5-15(24)19-22-17(23-27-19)18(25)21-14-7-8-14/h1-2,4,6,14-15H,3,5,7-11H2,(H,21,25)/t15-/m0/s1. The maximum Gasteiger partial charge on any atom is 0.292 e. The Bertz CT molecular complexity index is 855. The highest BCUT2D eigenvalue weighted by Gasteiger charge is 2.32. The summed E-state index contributed by atoms with van der Waals surface area (Å²) in [7, 11) is 0. The molecule has 0 radical (unpaired) electrons. The number of likely N-dealkylation sites (tertiary alicyclic amines) is 1. The van der Waals surface area contributed by atoms with Gasteiger partial charge in [-0.05, 0) is 44.4 Å². The third-order valence-electron chi connectivity index (χ3n) is 4.85. The van der Waals surface area contributed by atoms with E-state index in [4.69, 9.17) is 14.5 Å². The maximum absolute atomic E-state index is 12.0. The summed E-state index contributed by atoms with van der Waals surface area (Å²) in [6.45, 7) is 2.04. The quantitative estimate of drug-likeness (QED) is 0.798. The fourth-order valence-electron chi connectivity index (χ4n) is 3.27. The molecule has 0 unspecified atom stereocenters. The summed E-state index contributed by atoms with van der Waals surface area (Å²) >= 11 is 0. The van der Waals surface area contributed by atoms with Gasteiger partial charge in [0.05, 0.1) is 11.6 Å². The van der Waals surface area contributed by atoms with Crippen LogP contribution in [0.4, 0.5) is 0 Å².